The van der Waals surface area contributed by atoms with E-state index >= 15 is 0 Å². The van der Waals surface area contributed by atoms with Gasteiger partial charge in [-0.3, -0.25) is 4.98 Å². The van der Waals surface area contributed by atoms with Crippen molar-refractivity contribution in [1.29, 1.82) is 0 Å². The summed E-state index contributed by atoms with van der Waals surface area (Å²) < 4.78 is 4.72. The van der Waals surface area contributed by atoms with Crippen LogP contribution in [0.1, 0.15) is 15.9 Å². The first-order chi connectivity index (χ1) is 9.63. The average Bonchev–Trinajstić information content (AvgIpc) is 2.47. The number of nitrogens with two attached hydrogens (primary N) is 1. The van der Waals surface area contributed by atoms with Gasteiger partial charge >= 0.3 is 5.97 Å². The normalized spacial score (nSPS) is 10.1. The van der Waals surface area contributed by atoms with Crippen molar-refractivity contribution < 1.29 is 9.53 Å². The van der Waals surface area contributed by atoms with Gasteiger partial charge in [-0.1, -0.05) is 12.1 Å². The van der Waals surface area contributed by atoms with Gasteiger partial charge in [-0.2, -0.15) is 0 Å². The van der Waals surface area contributed by atoms with Gasteiger partial charge in [0.2, 0.25) is 0 Å². The number of pyridine rings is 1. The monoisotopic (exact) mass is 271 g/mol. The molecule has 5 heteroatoms. The molecule has 0 aliphatic heterocycles. The molecular formula is C15H17N3O2. The van der Waals surface area contributed by atoms with E-state index in [2.05, 4.69) is 4.98 Å². The maximum absolute atomic E-state index is 11.6. The molecular weight excluding hydrogens is 254 g/mol. The van der Waals surface area contributed by atoms with E-state index in [0.717, 1.165) is 11.3 Å². The van der Waals surface area contributed by atoms with Crippen molar-refractivity contribution >= 4 is 17.3 Å². The summed E-state index contributed by atoms with van der Waals surface area (Å²) in [5, 5.41) is 0. The van der Waals surface area contributed by atoms with Gasteiger partial charge in [0.05, 0.1) is 24.0 Å². The number of esters is 1. The SMILES string of the molecule is COC(=O)c1cccc(N(C)Cc2cccnc2)c1N. The number of ether oxygens (including phenoxy) is 1. The van der Waals surface area contributed by atoms with Crippen LogP contribution in [0.3, 0.4) is 0 Å². The summed E-state index contributed by atoms with van der Waals surface area (Å²) in [5.74, 6) is -0.431. The number of benzene rings is 1. The molecule has 0 unspecified atom stereocenters. The molecule has 20 heavy (non-hydrogen) atoms. The van der Waals surface area contributed by atoms with Gasteiger partial charge < -0.3 is 15.4 Å². The second kappa shape index (κ2) is 6.06. The van der Waals surface area contributed by atoms with Gasteiger partial charge in [-0.25, -0.2) is 4.79 Å². The van der Waals surface area contributed by atoms with Crippen LogP contribution in [0, 0.1) is 0 Å². The number of carbonyl (C=O) groups is 1. The Kier molecular flexibility index (Phi) is 4.20. The highest BCUT2D eigenvalue weighted by molar-refractivity contribution is 5.98. The highest BCUT2D eigenvalue weighted by Gasteiger charge is 2.15. The van der Waals surface area contributed by atoms with Gasteiger partial charge in [0.15, 0.2) is 0 Å². The number of aromatic nitrogens is 1. The number of para-hydroxylation sites is 1. The largest absolute Gasteiger partial charge is 0.465 e. The third kappa shape index (κ3) is 2.88. The number of rotatable bonds is 4. The molecule has 0 spiro atoms. The van der Waals surface area contributed by atoms with Crippen LogP contribution in [0.2, 0.25) is 0 Å². The van der Waals surface area contributed by atoms with E-state index < -0.39 is 5.97 Å². The molecule has 5 nitrogen and oxygen atoms in total. The molecule has 1 aromatic heterocycles. The van der Waals surface area contributed by atoms with Gasteiger partial charge in [0, 0.05) is 26.0 Å². The fourth-order valence-corrected chi connectivity index (χ4v) is 2.02. The molecule has 104 valence electrons. The van der Waals surface area contributed by atoms with E-state index in [1.807, 2.05) is 30.1 Å². The van der Waals surface area contributed by atoms with Crippen molar-refractivity contribution in [3.05, 3.63) is 53.9 Å². The molecule has 0 bridgehead atoms. The van der Waals surface area contributed by atoms with Crippen LogP contribution in [0.25, 0.3) is 0 Å². The van der Waals surface area contributed by atoms with Crippen molar-refractivity contribution in [2.24, 2.45) is 0 Å². The highest BCUT2D eigenvalue weighted by atomic mass is 16.5. The minimum atomic E-state index is -0.431. The number of hydrogen-bond donors (Lipinski definition) is 1. The molecule has 0 aliphatic carbocycles. The van der Waals surface area contributed by atoms with Crippen molar-refractivity contribution in [3.8, 4) is 0 Å². The first kappa shape index (κ1) is 13.9. The number of methoxy groups -OCH3 is 1. The molecule has 2 N–H and O–H groups in total. The third-order valence-corrected chi connectivity index (χ3v) is 3.04. The van der Waals surface area contributed by atoms with E-state index in [4.69, 9.17) is 10.5 Å². The maximum atomic E-state index is 11.6. The number of nitrogens with zero attached hydrogens (tertiary/aromatic N) is 2. The van der Waals surface area contributed by atoms with E-state index in [1.165, 1.54) is 7.11 Å². The Morgan fingerprint density at radius 3 is 2.80 bits per heavy atom. The van der Waals surface area contributed by atoms with Crippen molar-refractivity contribution in [1.82, 2.24) is 4.98 Å². The van der Waals surface area contributed by atoms with Gasteiger partial charge in [0.1, 0.15) is 0 Å². The van der Waals surface area contributed by atoms with E-state index in [9.17, 15) is 4.79 Å². The van der Waals surface area contributed by atoms with Crippen LogP contribution < -0.4 is 10.6 Å². The predicted octanol–water partition coefficient (Wildman–Crippen LogP) is 2.09. The lowest BCUT2D eigenvalue weighted by Crippen LogP contribution is -2.19. The topological polar surface area (TPSA) is 68.5 Å². The summed E-state index contributed by atoms with van der Waals surface area (Å²) in [7, 11) is 3.26. The summed E-state index contributed by atoms with van der Waals surface area (Å²) in [5.41, 5.74) is 8.71. The summed E-state index contributed by atoms with van der Waals surface area (Å²) >= 11 is 0. The Morgan fingerprint density at radius 2 is 2.15 bits per heavy atom. The minimum Gasteiger partial charge on any atom is -0.465 e. The lowest BCUT2D eigenvalue weighted by molar-refractivity contribution is 0.0602. The Balaban J connectivity index is 2.26. The van der Waals surface area contributed by atoms with Crippen LogP contribution in [0.15, 0.2) is 42.7 Å². The lowest BCUT2D eigenvalue weighted by atomic mass is 10.1. The Labute approximate surface area is 118 Å². The lowest BCUT2D eigenvalue weighted by Gasteiger charge is -2.22. The number of nitrogen functional groups attached to an aromatic ring is 1. The Hall–Kier alpha value is -2.56. The van der Waals surface area contributed by atoms with Crippen LogP contribution in [-0.2, 0) is 11.3 Å². The molecule has 2 aromatic rings. The first-order valence-corrected chi connectivity index (χ1v) is 6.20. The average molecular weight is 271 g/mol. The standard InChI is InChI=1S/C15H17N3O2/c1-18(10-11-5-4-8-17-9-11)13-7-3-6-12(14(13)16)15(19)20-2/h3-9H,10,16H2,1-2H3. The molecule has 0 atom stereocenters. The molecule has 0 amide bonds. The van der Waals surface area contributed by atoms with Crippen LogP contribution >= 0.6 is 0 Å². The quantitative estimate of drug-likeness (QED) is 0.681. The highest BCUT2D eigenvalue weighted by Crippen LogP contribution is 2.27. The number of carbonyl (C=O) groups excluding carboxylic acids is 1. The summed E-state index contributed by atoms with van der Waals surface area (Å²) in [6.07, 6.45) is 3.53. The number of hydrogen-bond acceptors (Lipinski definition) is 5. The van der Waals surface area contributed by atoms with E-state index in [-0.39, 0.29) is 0 Å². The molecule has 0 radical (unpaired) electrons. The van der Waals surface area contributed by atoms with Gasteiger partial charge in [-0.15, -0.1) is 0 Å². The van der Waals surface area contributed by atoms with Crippen LogP contribution in [-0.4, -0.2) is 25.1 Å². The molecule has 0 saturated carbocycles. The molecule has 0 saturated heterocycles. The van der Waals surface area contributed by atoms with Gasteiger partial charge in [-0.05, 0) is 23.8 Å². The third-order valence-electron chi connectivity index (χ3n) is 3.04. The molecule has 1 heterocycles. The van der Waals surface area contributed by atoms with E-state index in [1.54, 1.807) is 24.5 Å². The zero-order valence-corrected chi connectivity index (χ0v) is 11.5. The Bertz CT molecular complexity index is 599. The molecule has 2 rings (SSSR count). The molecule has 1 aromatic carbocycles. The second-order valence-corrected chi connectivity index (χ2v) is 4.45. The minimum absolute atomic E-state index is 0.378. The summed E-state index contributed by atoms with van der Waals surface area (Å²) in [4.78, 5) is 17.7. The molecule has 0 aliphatic rings. The van der Waals surface area contributed by atoms with Gasteiger partial charge in [0.25, 0.3) is 0 Å². The van der Waals surface area contributed by atoms with Crippen molar-refractivity contribution in [3.63, 3.8) is 0 Å². The smallest absolute Gasteiger partial charge is 0.340 e. The number of anilines is 2. The summed E-state index contributed by atoms with van der Waals surface area (Å²) in [6, 6.07) is 9.19. The van der Waals surface area contributed by atoms with E-state index in [0.29, 0.717) is 17.8 Å². The fraction of sp³-hybridized carbons (Fsp3) is 0.200. The summed E-state index contributed by atoms with van der Waals surface area (Å²) in [6.45, 7) is 0.655. The maximum Gasteiger partial charge on any atom is 0.340 e. The fourth-order valence-electron chi connectivity index (χ4n) is 2.02. The van der Waals surface area contributed by atoms with Crippen LogP contribution in [0.5, 0.6) is 0 Å². The van der Waals surface area contributed by atoms with Crippen molar-refractivity contribution in [2.45, 2.75) is 6.54 Å². The second-order valence-electron chi connectivity index (χ2n) is 4.45. The zero-order chi connectivity index (χ0) is 14.5. The molecule has 0 fully saturated rings. The first-order valence-electron chi connectivity index (χ1n) is 6.20. The van der Waals surface area contributed by atoms with Crippen LogP contribution in [0.4, 0.5) is 11.4 Å². The Morgan fingerprint density at radius 1 is 1.35 bits per heavy atom. The zero-order valence-electron chi connectivity index (χ0n) is 11.5. The predicted molar refractivity (Wildman–Crippen MR) is 78.5 cm³/mol. The van der Waals surface area contributed by atoms with Crippen molar-refractivity contribution in [2.75, 3.05) is 24.8 Å².